The number of methoxy groups -OCH3 is 1. The highest BCUT2D eigenvalue weighted by atomic mass is 16.5. The Hall–Kier alpha value is -1.89. The number of hydrogen-bond acceptors (Lipinski definition) is 6. The summed E-state index contributed by atoms with van der Waals surface area (Å²) < 4.78 is 16.5. The Morgan fingerprint density at radius 3 is 2.79 bits per heavy atom. The number of aromatic nitrogens is 1. The number of morpholine rings is 1. The molecule has 29 heavy (non-hydrogen) atoms. The summed E-state index contributed by atoms with van der Waals surface area (Å²) in [5.74, 6) is 2.52. The van der Waals surface area contributed by atoms with Crippen LogP contribution in [0.4, 0.5) is 0 Å². The number of benzene rings is 1. The maximum atomic E-state index is 5.60. The highest BCUT2D eigenvalue weighted by molar-refractivity contribution is 5.33. The van der Waals surface area contributed by atoms with Gasteiger partial charge in [-0.25, -0.2) is 0 Å². The molecule has 2 atom stereocenters. The molecule has 2 aliphatic rings. The average molecular weight is 400 g/mol. The Kier molecular flexibility index (Phi) is 6.23. The van der Waals surface area contributed by atoms with Crippen molar-refractivity contribution in [1.82, 2.24) is 15.4 Å². The molecule has 2 aromatic rings. The fourth-order valence-electron chi connectivity index (χ4n) is 4.55. The normalized spacial score (nSPS) is 24.2. The minimum Gasteiger partial charge on any atom is -0.496 e. The van der Waals surface area contributed by atoms with Crippen LogP contribution in [0.1, 0.15) is 37.3 Å². The fourth-order valence-corrected chi connectivity index (χ4v) is 4.55. The average Bonchev–Trinajstić information content (AvgIpc) is 3.18. The molecule has 1 aromatic carbocycles. The van der Waals surface area contributed by atoms with Crippen LogP contribution < -0.4 is 10.1 Å². The van der Waals surface area contributed by atoms with Crippen molar-refractivity contribution in [2.24, 2.45) is 11.3 Å². The number of para-hydroxylation sites is 1. The van der Waals surface area contributed by atoms with Gasteiger partial charge in [0.25, 0.3) is 0 Å². The van der Waals surface area contributed by atoms with Crippen LogP contribution in [-0.4, -0.2) is 49.5 Å². The van der Waals surface area contributed by atoms with Gasteiger partial charge in [-0.05, 0) is 30.2 Å². The lowest BCUT2D eigenvalue weighted by Crippen LogP contribution is -2.57. The Morgan fingerprint density at radius 1 is 1.24 bits per heavy atom. The van der Waals surface area contributed by atoms with Crippen LogP contribution in [0, 0.1) is 11.3 Å². The topological polar surface area (TPSA) is 59.8 Å². The van der Waals surface area contributed by atoms with E-state index in [-0.39, 0.29) is 5.41 Å². The van der Waals surface area contributed by atoms with E-state index in [1.165, 1.54) is 5.56 Å². The molecule has 1 saturated heterocycles. The second-order valence-corrected chi connectivity index (χ2v) is 8.88. The Labute approximate surface area is 173 Å². The first-order valence-electron chi connectivity index (χ1n) is 10.7. The van der Waals surface area contributed by atoms with E-state index in [1.807, 2.05) is 12.1 Å². The van der Waals surface area contributed by atoms with Crippen molar-refractivity contribution in [2.45, 2.75) is 45.8 Å². The summed E-state index contributed by atoms with van der Waals surface area (Å²) in [5, 5.41) is 8.07. The minimum atomic E-state index is 0.228. The first-order valence-corrected chi connectivity index (χ1v) is 10.7. The van der Waals surface area contributed by atoms with Gasteiger partial charge in [0.05, 0.1) is 32.6 Å². The van der Waals surface area contributed by atoms with Gasteiger partial charge in [0.15, 0.2) is 5.76 Å². The molecule has 1 aromatic heterocycles. The van der Waals surface area contributed by atoms with Crippen molar-refractivity contribution in [3.63, 3.8) is 0 Å². The van der Waals surface area contributed by atoms with Crippen LogP contribution in [0.2, 0.25) is 0 Å². The summed E-state index contributed by atoms with van der Waals surface area (Å²) >= 11 is 0. The van der Waals surface area contributed by atoms with Crippen molar-refractivity contribution in [3.05, 3.63) is 47.3 Å². The Bertz CT molecular complexity index is 798. The predicted molar refractivity (Wildman–Crippen MR) is 112 cm³/mol. The van der Waals surface area contributed by atoms with E-state index in [1.54, 1.807) is 7.11 Å². The SMILES string of the molecule is COc1ccccc1CN[C@H]1C[C@@H](Cc2cc(CN3CCOCC3)on2)C1(C)C. The third-order valence-corrected chi connectivity index (χ3v) is 6.75. The van der Waals surface area contributed by atoms with E-state index >= 15 is 0 Å². The second-order valence-electron chi connectivity index (χ2n) is 8.88. The lowest BCUT2D eigenvalue weighted by atomic mass is 9.57. The summed E-state index contributed by atoms with van der Waals surface area (Å²) in [4.78, 5) is 2.36. The Morgan fingerprint density at radius 2 is 2.03 bits per heavy atom. The van der Waals surface area contributed by atoms with Crippen LogP contribution in [0.25, 0.3) is 0 Å². The summed E-state index contributed by atoms with van der Waals surface area (Å²) in [6.07, 6.45) is 2.14. The molecule has 6 nitrogen and oxygen atoms in total. The summed E-state index contributed by atoms with van der Waals surface area (Å²) in [5.41, 5.74) is 2.51. The monoisotopic (exact) mass is 399 g/mol. The van der Waals surface area contributed by atoms with Gasteiger partial charge in [0.1, 0.15) is 5.75 Å². The van der Waals surface area contributed by atoms with E-state index in [9.17, 15) is 0 Å². The highest BCUT2D eigenvalue weighted by Crippen LogP contribution is 2.48. The highest BCUT2D eigenvalue weighted by Gasteiger charge is 2.47. The zero-order chi connectivity index (χ0) is 20.3. The summed E-state index contributed by atoms with van der Waals surface area (Å²) in [7, 11) is 1.73. The van der Waals surface area contributed by atoms with Crippen molar-refractivity contribution < 1.29 is 14.0 Å². The van der Waals surface area contributed by atoms with Gasteiger partial charge in [-0.15, -0.1) is 0 Å². The zero-order valence-corrected chi connectivity index (χ0v) is 17.8. The van der Waals surface area contributed by atoms with Crippen molar-refractivity contribution in [1.29, 1.82) is 0 Å². The molecule has 158 valence electrons. The van der Waals surface area contributed by atoms with Crippen LogP contribution in [0.3, 0.4) is 0 Å². The molecule has 0 radical (unpaired) electrons. The van der Waals surface area contributed by atoms with Crippen molar-refractivity contribution in [2.75, 3.05) is 33.4 Å². The molecule has 1 N–H and O–H groups in total. The van der Waals surface area contributed by atoms with E-state index in [2.05, 4.69) is 47.4 Å². The largest absolute Gasteiger partial charge is 0.496 e. The molecule has 6 heteroatoms. The maximum Gasteiger partial charge on any atom is 0.150 e. The second kappa shape index (κ2) is 8.86. The van der Waals surface area contributed by atoms with E-state index in [4.69, 9.17) is 14.0 Å². The van der Waals surface area contributed by atoms with E-state index in [0.29, 0.717) is 12.0 Å². The van der Waals surface area contributed by atoms with Crippen LogP contribution in [0.5, 0.6) is 5.75 Å². The number of nitrogens with one attached hydrogen (secondary N) is 1. The lowest BCUT2D eigenvalue weighted by Gasteiger charge is -2.52. The van der Waals surface area contributed by atoms with Gasteiger partial charge >= 0.3 is 0 Å². The minimum absolute atomic E-state index is 0.228. The summed E-state index contributed by atoms with van der Waals surface area (Å²) in [6.45, 7) is 9.91. The van der Waals surface area contributed by atoms with Gasteiger partial charge in [0.2, 0.25) is 0 Å². The van der Waals surface area contributed by atoms with Crippen molar-refractivity contribution >= 4 is 0 Å². The molecule has 2 heterocycles. The number of rotatable bonds is 8. The van der Waals surface area contributed by atoms with E-state index in [0.717, 1.165) is 69.4 Å². The van der Waals surface area contributed by atoms with Crippen LogP contribution in [-0.2, 0) is 24.2 Å². The van der Waals surface area contributed by atoms with Crippen LogP contribution in [0.15, 0.2) is 34.9 Å². The first-order chi connectivity index (χ1) is 14.1. The predicted octanol–water partition coefficient (Wildman–Crippen LogP) is 3.26. The molecule has 0 spiro atoms. The molecular formula is C23H33N3O3. The van der Waals surface area contributed by atoms with Gasteiger partial charge in [-0.3, -0.25) is 4.90 Å². The Balaban J connectivity index is 1.28. The molecule has 0 bridgehead atoms. The lowest BCUT2D eigenvalue weighted by molar-refractivity contribution is 0.0123. The third kappa shape index (κ3) is 4.65. The molecule has 1 saturated carbocycles. The molecule has 4 rings (SSSR count). The fraction of sp³-hybridized carbons (Fsp3) is 0.609. The summed E-state index contributed by atoms with van der Waals surface area (Å²) in [6, 6.07) is 10.9. The quantitative estimate of drug-likeness (QED) is 0.735. The molecule has 1 aliphatic heterocycles. The molecule has 2 fully saturated rings. The molecular weight excluding hydrogens is 366 g/mol. The zero-order valence-electron chi connectivity index (χ0n) is 17.8. The van der Waals surface area contributed by atoms with E-state index < -0.39 is 0 Å². The number of nitrogens with zero attached hydrogens (tertiary/aromatic N) is 2. The standard InChI is InChI=1S/C23H33N3O3/c1-23(2)18(13-22(23)24-15-17-6-4-5-7-21(17)27-3)12-19-14-20(29-25-19)16-26-8-10-28-11-9-26/h4-7,14,18,22,24H,8-13,15-16H2,1-3H3/t18-,22+/m1/s1. The smallest absolute Gasteiger partial charge is 0.150 e. The number of ether oxygens (including phenoxy) is 2. The molecule has 0 amide bonds. The molecule has 0 unspecified atom stereocenters. The van der Waals surface area contributed by atoms with Gasteiger partial charge < -0.3 is 19.3 Å². The van der Waals surface area contributed by atoms with Gasteiger partial charge in [0, 0.05) is 37.3 Å². The maximum absolute atomic E-state index is 5.60. The van der Waals surface area contributed by atoms with Crippen molar-refractivity contribution in [3.8, 4) is 5.75 Å². The first kappa shape index (κ1) is 20.4. The van der Waals surface area contributed by atoms with Crippen LogP contribution >= 0.6 is 0 Å². The number of hydrogen-bond donors (Lipinski definition) is 1. The molecule has 1 aliphatic carbocycles. The third-order valence-electron chi connectivity index (χ3n) is 6.75. The van der Waals surface area contributed by atoms with Gasteiger partial charge in [-0.2, -0.15) is 0 Å². The van der Waals surface area contributed by atoms with Gasteiger partial charge in [-0.1, -0.05) is 37.2 Å².